The molecular formula is C18H14Cl2N2O3. The van der Waals surface area contributed by atoms with Gasteiger partial charge in [-0.15, -0.1) is 0 Å². The van der Waals surface area contributed by atoms with Gasteiger partial charge in [-0.05, 0) is 35.9 Å². The van der Waals surface area contributed by atoms with Gasteiger partial charge in [-0.1, -0.05) is 35.3 Å². The Hall–Kier alpha value is -2.68. The number of hydrogen-bond acceptors (Lipinski definition) is 4. The Kier molecular flexibility index (Phi) is 6.29. The van der Waals surface area contributed by atoms with E-state index in [4.69, 9.17) is 32.7 Å². The van der Waals surface area contributed by atoms with Gasteiger partial charge in [0, 0.05) is 0 Å². The quantitative estimate of drug-likeness (QED) is 0.613. The highest BCUT2D eigenvalue weighted by atomic mass is 35.5. The van der Waals surface area contributed by atoms with Crippen molar-refractivity contribution in [3.8, 4) is 17.6 Å². The first-order valence-corrected chi connectivity index (χ1v) is 7.85. The molecule has 7 heteroatoms. The van der Waals surface area contributed by atoms with Crippen LogP contribution in [0.4, 0.5) is 5.69 Å². The van der Waals surface area contributed by atoms with Crippen molar-refractivity contribution in [1.29, 1.82) is 5.26 Å². The normalized spacial score (nSPS) is 10.8. The van der Waals surface area contributed by atoms with Crippen molar-refractivity contribution in [2.45, 2.75) is 0 Å². The maximum atomic E-state index is 12.3. The first-order valence-electron chi connectivity index (χ1n) is 7.09. The zero-order valence-electron chi connectivity index (χ0n) is 13.5. The van der Waals surface area contributed by atoms with Gasteiger partial charge in [0.2, 0.25) is 0 Å². The molecular weight excluding hydrogens is 363 g/mol. The van der Waals surface area contributed by atoms with Gasteiger partial charge in [0.15, 0.2) is 11.5 Å². The van der Waals surface area contributed by atoms with Crippen LogP contribution in [0.5, 0.6) is 11.5 Å². The molecule has 5 nitrogen and oxygen atoms in total. The van der Waals surface area contributed by atoms with Gasteiger partial charge in [-0.2, -0.15) is 5.26 Å². The minimum absolute atomic E-state index is 0.0942. The molecule has 0 aliphatic rings. The SMILES string of the molecule is COc1ccc(/C=C(\C#N)C(=O)Nc2cccc(Cl)c2Cl)cc1OC. The third-order valence-electron chi connectivity index (χ3n) is 3.28. The number of nitriles is 1. The molecule has 0 aliphatic heterocycles. The number of hydrogen-bond donors (Lipinski definition) is 1. The molecule has 2 aromatic rings. The van der Waals surface area contributed by atoms with E-state index in [1.807, 2.05) is 6.07 Å². The summed E-state index contributed by atoms with van der Waals surface area (Å²) in [6.45, 7) is 0. The Morgan fingerprint density at radius 2 is 1.88 bits per heavy atom. The number of ether oxygens (including phenoxy) is 2. The lowest BCUT2D eigenvalue weighted by molar-refractivity contribution is -0.112. The van der Waals surface area contributed by atoms with E-state index in [1.165, 1.54) is 20.3 Å². The predicted molar refractivity (Wildman–Crippen MR) is 98.2 cm³/mol. The summed E-state index contributed by atoms with van der Waals surface area (Å²) in [5.74, 6) is 0.446. The van der Waals surface area contributed by atoms with E-state index in [0.29, 0.717) is 27.8 Å². The summed E-state index contributed by atoms with van der Waals surface area (Å²) < 4.78 is 10.4. The number of nitrogens with one attached hydrogen (secondary N) is 1. The lowest BCUT2D eigenvalue weighted by Crippen LogP contribution is -2.13. The van der Waals surface area contributed by atoms with E-state index in [1.54, 1.807) is 36.4 Å². The molecule has 0 atom stereocenters. The standard InChI is InChI=1S/C18H14Cl2N2O3/c1-24-15-7-6-11(9-16(15)25-2)8-12(10-21)18(23)22-14-5-3-4-13(19)17(14)20/h3-9H,1-2H3,(H,22,23)/b12-8+. The zero-order valence-corrected chi connectivity index (χ0v) is 15.0. The molecule has 0 saturated heterocycles. The lowest BCUT2D eigenvalue weighted by Gasteiger charge is -2.09. The van der Waals surface area contributed by atoms with Crippen LogP contribution in [0.2, 0.25) is 10.0 Å². The van der Waals surface area contributed by atoms with E-state index in [9.17, 15) is 10.1 Å². The highest BCUT2D eigenvalue weighted by molar-refractivity contribution is 6.44. The van der Waals surface area contributed by atoms with Crippen LogP contribution in [0.15, 0.2) is 42.0 Å². The molecule has 0 radical (unpaired) electrons. The molecule has 1 amide bonds. The van der Waals surface area contributed by atoms with Crippen molar-refractivity contribution >= 4 is 40.9 Å². The second-order valence-corrected chi connectivity index (χ2v) is 5.62. The summed E-state index contributed by atoms with van der Waals surface area (Å²) in [6.07, 6.45) is 1.44. The van der Waals surface area contributed by atoms with Crippen LogP contribution < -0.4 is 14.8 Å². The Bertz CT molecular complexity index is 873. The summed E-state index contributed by atoms with van der Waals surface area (Å²) in [4.78, 5) is 12.3. The average Bonchev–Trinajstić information content (AvgIpc) is 2.63. The van der Waals surface area contributed by atoms with Crippen LogP contribution >= 0.6 is 23.2 Å². The maximum absolute atomic E-state index is 12.3. The molecule has 0 aliphatic carbocycles. The topological polar surface area (TPSA) is 71.3 Å². The molecule has 0 heterocycles. The van der Waals surface area contributed by atoms with E-state index in [0.717, 1.165) is 0 Å². The second-order valence-electron chi connectivity index (χ2n) is 4.84. The summed E-state index contributed by atoms with van der Waals surface area (Å²) >= 11 is 12.0. The van der Waals surface area contributed by atoms with E-state index < -0.39 is 5.91 Å². The minimum atomic E-state index is -0.596. The summed E-state index contributed by atoms with van der Waals surface area (Å²) in [6, 6.07) is 11.8. The van der Waals surface area contributed by atoms with E-state index in [-0.39, 0.29) is 10.6 Å². The Labute approximate surface area is 155 Å². The molecule has 25 heavy (non-hydrogen) atoms. The molecule has 0 fully saturated rings. The molecule has 0 aromatic heterocycles. The number of methoxy groups -OCH3 is 2. The number of benzene rings is 2. The Balaban J connectivity index is 2.29. The van der Waals surface area contributed by atoms with Crippen LogP contribution in [0, 0.1) is 11.3 Å². The third kappa shape index (κ3) is 4.44. The smallest absolute Gasteiger partial charge is 0.266 e. The number of carbonyl (C=O) groups excluding carboxylic acids is 1. The zero-order chi connectivity index (χ0) is 18.4. The van der Waals surface area contributed by atoms with Crippen LogP contribution in [0.3, 0.4) is 0 Å². The fraction of sp³-hybridized carbons (Fsp3) is 0.111. The monoisotopic (exact) mass is 376 g/mol. The molecule has 128 valence electrons. The number of amides is 1. The van der Waals surface area contributed by atoms with Gasteiger partial charge in [0.05, 0.1) is 30.0 Å². The van der Waals surface area contributed by atoms with Gasteiger partial charge in [0.25, 0.3) is 5.91 Å². The van der Waals surface area contributed by atoms with Crippen molar-refractivity contribution in [2.75, 3.05) is 19.5 Å². The van der Waals surface area contributed by atoms with Crippen molar-refractivity contribution in [3.63, 3.8) is 0 Å². The van der Waals surface area contributed by atoms with Crippen LogP contribution in [0.25, 0.3) is 6.08 Å². The third-order valence-corrected chi connectivity index (χ3v) is 4.10. The van der Waals surface area contributed by atoms with Gasteiger partial charge in [-0.3, -0.25) is 4.79 Å². The second kappa shape index (κ2) is 8.43. The Morgan fingerprint density at radius 1 is 1.16 bits per heavy atom. The predicted octanol–water partition coefficient (Wildman–Crippen LogP) is 4.56. The number of rotatable bonds is 5. The first-order chi connectivity index (χ1) is 12.0. The summed E-state index contributed by atoms with van der Waals surface area (Å²) in [5.41, 5.74) is 0.845. The molecule has 2 rings (SSSR count). The fourth-order valence-corrected chi connectivity index (χ4v) is 2.40. The van der Waals surface area contributed by atoms with Crippen LogP contribution in [-0.2, 0) is 4.79 Å². The van der Waals surface area contributed by atoms with Gasteiger partial charge in [-0.25, -0.2) is 0 Å². The van der Waals surface area contributed by atoms with Crippen molar-refractivity contribution in [2.24, 2.45) is 0 Å². The number of anilines is 1. The van der Waals surface area contributed by atoms with Gasteiger partial charge < -0.3 is 14.8 Å². The highest BCUT2D eigenvalue weighted by Gasteiger charge is 2.13. The van der Waals surface area contributed by atoms with E-state index in [2.05, 4.69) is 5.32 Å². The average molecular weight is 377 g/mol. The van der Waals surface area contributed by atoms with Crippen LogP contribution in [0.1, 0.15) is 5.56 Å². The molecule has 0 unspecified atom stereocenters. The number of carbonyl (C=O) groups is 1. The largest absolute Gasteiger partial charge is 0.493 e. The van der Waals surface area contributed by atoms with Gasteiger partial charge >= 0.3 is 0 Å². The first kappa shape index (κ1) is 18.7. The van der Waals surface area contributed by atoms with Gasteiger partial charge in [0.1, 0.15) is 11.6 Å². The molecule has 2 aromatic carbocycles. The summed E-state index contributed by atoms with van der Waals surface area (Å²) in [5, 5.41) is 12.4. The Morgan fingerprint density at radius 3 is 2.52 bits per heavy atom. The minimum Gasteiger partial charge on any atom is -0.493 e. The maximum Gasteiger partial charge on any atom is 0.266 e. The summed E-state index contributed by atoms with van der Waals surface area (Å²) in [7, 11) is 3.03. The highest BCUT2D eigenvalue weighted by Crippen LogP contribution is 2.30. The van der Waals surface area contributed by atoms with E-state index >= 15 is 0 Å². The number of halogens is 2. The van der Waals surface area contributed by atoms with Crippen LogP contribution in [-0.4, -0.2) is 20.1 Å². The number of nitrogens with zero attached hydrogens (tertiary/aromatic N) is 1. The van der Waals surface area contributed by atoms with Crippen molar-refractivity contribution < 1.29 is 14.3 Å². The van der Waals surface area contributed by atoms with Crippen molar-refractivity contribution in [1.82, 2.24) is 0 Å². The fourth-order valence-electron chi connectivity index (χ4n) is 2.05. The molecule has 0 spiro atoms. The lowest BCUT2D eigenvalue weighted by atomic mass is 10.1. The van der Waals surface area contributed by atoms with Crippen molar-refractivity contribution in [3.05, 3.63) is 57.6 Å². The molecule has 1 N–H and O–H groups in total. The molecule has 0 saturated carbocycles. The molecule has 0 bridgehead atoms.